The van der Waals surface area contributed by atoms with Gasteiger partial charge in [0.2, 0.25) is 5.75 Å². The molecule has 1 aromatic heterocycles. The van der Waals surface area contributed by atoms with E-state index in [1.807, 2.05) is 13.0 Å². The summed E-state index contributed by atoms with van der Waals surface area (Å²) >= 11 is 4.51. The number of esters is 1. The molecule has 0 aliphatic carbocycles. The highest BCUT2D eigenvalue weighted by Gasteiger charge is 2.33. The van der Waals surface area contributed by atoms with Gasteiger partial charge in [-0.3, -0.25) is 19.5 Å². The number of hydrogen-bond donors (Lipinski definition) is 0. The van der Waals surface area contributed by atoms with Crippen molar-refractivity contribution in [2.75, 3.05) is 13.2 Å². The molecule has 0 spiro atoms. The summed E-state index contributed by atoms with van der Waals surface area (Å²) in [4.78, 5) is 43.6. The van der Waals surface area contributed by atoms with Crippen LogP contribution in [0.2, 0.25) is 0 Å². The third-order valence-corrected chi connectivity index (χ3v) is 8.60. The first-order valence-electron chi connectivity index (χ1n) is 14.2. The van der Waals surface area contributed by atoms with Crippen molar-refractivity contribution in [1.82, 2.24) is 4.57 Å². The van der Waals surface area contributed by atoms with E-state index in [0.717, 1.165) is 16.9 Å². The smallest absolute Gasteiger partial charge is 0.338 e. The number of carbonyl (C=O) groups excluding carboxylic acids is 1. The Bertz CT molecular complexity index is 2080. The Morgan fingerprint density at radius 1 is 1.13 bits per heavy atom. The van der Waals surface area contributed by atoms with Crippen LogP contribution in [0.4, 0.5) is 5.69 Å². The standard InChI is InChI=1S/C33H27BrN4O7S/c1-4-43-24-12-10-23(11-13-24)29-28(32(40)44-5-2)19(3)36-33-37(29)31(39)27(46-33)16-22-14-25(34)30(26(15-22)38(41)42)45-18-21-8-6-20(17-35)7-9-21/h6-16,29H,4-5,18H2,1-3H3/b27-16-/t29-/m0/s1. The zero-order valence-electron chi connectivity index (χ0n) is 25.0. The Hall–Kier alpha value is -5.06. The maximum atomic E-state index is 14.0. The van der Waals surface area contributed by atoms with Gasteiger partial charge in [-0.2, -0.15) is 5.26 Å². The van der Waals surface area contributed by atoms with Gasteiger partial charge in [0.25, 0.3) is 5.56 Å². The molecule has 11 nitrogen and oxygen atoms in total. The van der Waals surface area contributed by atoms with Crippen LogP contribution in [0.25, 0.3) is 6.08 Å². The maximum absolute atomic E-state index is 14.0. The minimum atomic E-state index is -0.813. The molecular formula is C33H27BrN4O7S. The van der Waals surface area contributed by atoms with Gasteiger partial charge in [-0.05, 0) is 89.8 Å². The highest BCUT2D eigenvalue weighted by atomic mass is 79.9. The Labute approximate surface area is 275 Å². The van der Waals surface area contributed by atoms with Crippen molar-refractivity contribution in [3.8, 4) is 17.6 Å². The average molecular weight is 704 g/mol. The molecule has 0 fully saturated rings. The number of ether oxygens (including phenoxy) is 3. The van der Waals surface area contributed by atoms with Crippen LogP contribution in [0.5, 0.6) is 11.5 Å². The summed E-state index contributed by atoms with van der Waals surface area (Å²) in [5.41, 5.74) is 2.21. The average Bonchev–Trinajstić information content (AvgIpc) is 3.34. The van der Waals surface area contributed by atoms with Crippen molar-refractivity contribution in [1.29, 1.82) is 5.26 Å². The number of nitrogens with zero attached hydrogens (tertiary/aromatic N) is 4. The molecule has 4 aromatic rings. The van der Waals surface area contributed by atoms with Gasteiger partial charge in [0, 0.05) is 6.07 Å². The Balaban J connectivity index is 1.57. The van der Waals surface area contributed by atoms with Gasteiger partial charge < -0.3 is 14.2 Å². The lowest BCUT2D eigenvalue weighted by atomic mass is 9.96. The Morgan fingerprint density at radius 3 is 2.48 bits per heavy atom. The number of nitriles is 1. The fourth-order valence-corrected chi connectivity index (χ4v) is 6.59. The molecule has 1 aliphatic rings. The van der Waals surface area contributed by atoms with Gasteiger partial charge in [-0.1, -0.05) is 35.6 Å². The summed E-state index contributed by atoms with van der Waals surface area (Å²) in [7, 11) is 0. The van der Waals surface area contributed by atoms with E-state index in [1.54, 1.807) is 74.5 Å². The van der Waals surface area contributed by atoms with Gasteiger partial charge in [0.05, 0.1) is 56.1 Å². The topological polar surface area (TPSA) is 146 Å². The Kier molecular flexibility index (Phi) is 9.79. The number of allylic oxidation sites excluding steroid dienone is 1. The molecule has 1 atom stereocenters. The quantitative estimate of drug-likeness (QED) is 0.123. The fourth-order valence-electron chi connectivity index (χ4n) is 4.96. The lowest BCUT2D eigenvalue weighted by Crippen LogP contribution is -2.39. The van der Waals surface area contributed by atoms with Crippen LogP contribution in [-0.2, 0) is 16.1 Å². The number of nitro groups is 1. The first-order valence-corrected chi connectivity index (χ1v) is 15.8. The van der Waals surface area contributed by atoms with E-state index in [0.29, 0.717) is 44.0 Å². The summed E-state index contributed by atoms with van der Waals surface area (Å²) in [6.07, 6.45) is 1.55. The van der Waals surface area contributed by atoms with Crippen molar-refractivity contribution in [3.05, 3.63) is 128 Å². The number of thiazole rings is 1. The van der Waals surface area contributed by atoms with E-state index in [9.17, 15) is 19.7 Å². The second-order valence-corrected chi connectivity index (χ2v) is 11.9. The van der Waals surface area contributed by atoms with Gasteiger partial charge in [0.1, 0.15) is 12.4 Å². The Morgan fingerprint density at radius 2 is 1.85 bits per heavy atom. The third-order valence-electron chi connectivity index (χ3n) is 7.03. The number of carbonyl (C=O) groups is 1. The lowest BCUT2D eigenvalue weighted by molar-refractivity contribution is -0.386. The maximum Gasteiger partial charge on any atom is 0.338 e. The van der Waals surface area contributed by atoms with Crippen LogP contribution >= 0.6 is 27.3 Å². The highest BCUT2D eigenvalue weighted by molar-refractivity contribution is 9.10. The molecule has 0 saturated carbocycles. The van der Waals surface area contributed by atoms with Gasteiger partial charge in [-0.15, -0.1) is 0 Å². The second kappa shape index (κ2) is 13.9. The van der Waals surface area contributed by atoms with Crippen molar-refractivity contribution < 1.29 is 23.9 Å². The van der Waals surface area contributed by atoms with E-state index in [-0.39, 0.29) is 34.8 Å². The van der Waals surface area contributed by atoms with E-state index in [4.69, 9.17) is 19.5 Å². The molecule has 0 saturated heterocycles. The van der Waals surface area contributed by atoms with Crippen molar-refractivity contribution in [2.45, 2.75) is 33.4 Å². The molecular weight excluding hydrogens is 676 g/mol. The molecule has 0 amide bonds. The number of benzene rings is 3. The lowest BCUT2D eigenvalue weighted by Gasteiger charge is -2.24. The molecule has 0 N–H and O–H groups in total. The molecule has 0 bridgehead atoms. The first-order chi connectivity index (χ1) is 22.1. The third kappa shape index (κ3) is 6.63. The number of nitro benzene ring substituents is 1. The van der Waals surface area contributed by atoms with E-state index >= 15 is 0 Å². The summed E-state index contributed by atoms with van der Waals surface area (Å²) in [5, 5.41) is 21.1. The molecule has 2 heterocycles. The second-order valence-electron chi connectivity index (χ2n) is 10.0. The monoisotopic (exact) mass is 702 g/mol. The summed E-state index contributed by atoms with van der Waals surface area (Å²) < 4.78 is 18.8. The number of rotatable bonds is 10. The molecule has 0 unspecified atom stereocenters. The molecule has 0 radical (unpaired) electrons. The van der Waals surface area contributed by atoms with Gasteiger partial charge in [0.15, 0.2) is 4.80 Å². The molecule has 234 valence electrons. The number of aromatic nitrogens is 1. The molecule has 46 heavy (non-hydrogen) atoms. The van der Waals surface area contributed by atoms with E-state index in [2.05, 4.69) is 20.9 Å². The minimum Gasteiger partial charge on any atom is -0.494 e. The first kappa shape index (κ1) is 32.3. The van der Waals surface area contributed by atoms with Crippen molar-refractivity contribution in [2.24, 2.45) is 4.99 Å². The van der Waals surface area contributed by atoms with E-state index in [1.165, 1.54) is 10.6 Å². The van der Waals surface area contributed by atoms with Crippen LogP contribution in [0.15, 0.2) is 86.2 Å². The highest BCUT2D eigenvalue weighted by Crippen LogP contribution is 2.37. The van der Waals surface area contributed by atoms with Crippen LogP contribution in [0.3, 0.4) is 0 Å². The van der Waals surface area contributed by atoms with Gasteiger partial charge >= 0.3 is 11.7 Å². The molecule has 1 aliphatic heterocycles. The zero-order valence-corrected chi connectivity index (χ0v) is 27.4. The molecule has 13 heteroatoms. The number of fused-ring (bicyclic) bond motifs is 1. The number of halogens is 1. The summed E-state index contributed by atoms with van der Waals surface area (Å²) in [6, 6.07) is 18.0. The SMILES string of the molecule is CCOC(=O)C1=C(C)N=c2s/c(=C\c3cc(Br)c(OCc4ccc(C#N)cc4)c([N+](=O)[O-])c3)c(=O)n2[C@H]1c1ccc(OCC)cc1. The van der Waals surface area contributed by atoms with Crippen molar-refractivity contribution in [3.63, 3.8) is 0 Å². The zero-order chi connectivity index (χ0) is 33.0. The number of hydrogen-bond acceptors (Lipinski definition) is 10. The van der Waals surface area contributed by atoms with Gasteiger partial charge in [-0.25, -0.2) is 9.79 Å². The van der Waals surface area contributed by atoms with Crippen LogP contribution in [-0.4, -0.2) is 28.7 Å². The largest absolute Gasteiger partial charge is 0.494 e. The normalized spacial score (nSPS) is 14.2. The van der Waals surface area contributed by atoms with Crippen LogP contribution < -0.4 is 24.4 Å². The summed E-state index contributed by atoms with van der Waals surface area (Å²) in [6.45, 7) is 5.95. The fraction of sp³-hybridized carbons (Fsp3) is 0.212. The summed E-state index contributed by atoms with van der Waals surface area (Å²) in [5.74, 6) is 0.0970. The predicted molar refractivity (Wildman–Crippen MR) is 174 cm³/mol. The predicted octanol–water partition coefficient (Wildman–Crippen LogP) is 5.32. The van der Waals surface area contributed by atoms with Crippen LogP contribution in [0, 0.1) is 21.4 Å². The van der Waals surface area contributed by atoms with E-state index < -0.39 is 22.5 Å². The molecule has 5 rings (SSSR count). The molecule has 3 aromatic carbocycles. The minimum absolute atomic E-state index is 0.0261. The van der Waals surface area contributed by atoms with Crippen molar-refractivity contribution >= 4 is 45.0 Å². The van der Waals surface area contributed by atoms with Crippen LogP contribution in [0.1, 0.15) is 49.1 Å².